The van der Waals surface area contributed by atoms with Gasteiger partial charge in [0.05, 0.1) is 11.4 Å². The van der Waals surface area contributed by atoms with Gasteiger partial charge in [0.15, 0.2) is 0 Å². The molecule has 0 aromatic heterocycles. The molecule has 0 bridgehead atoms. The molecule has 0 amide bonds. The number of benzene rings is 2. The average Bonchev–Trinajstić information content (AvgIpc) is 2.40. The van der Waals surface area contributed by atoms with Gasteiger partial charge < -0.3 is 15.7 Å². The van der Waals surface area contributed by atoms with Crippen LogP contribution in [0, 0.1) is 0 Å². The predicted molar refractivity (Wildman–Crippen MR) is 81.0 cm³/mol. The zero-order valence-corrected chi connectivity index (χ0v) is 11.5. The van der Waals surface area contributed by atoms with E-state index in [0.29, 0.717) is 22.9 Å². The van der Waals surface area contributed by atoms with E-state index in [1.165, 1.54) is 0 Å². The third-order valence-electron chi connectivity index (χ3n) is 2.92. The Bertz CT molecular complexity index is 616. The fourth-order valence-corrected chi connectivity index (χ4v) is 2.19. The molecule has 0 unspecified atom stereocenters. The maximum atomic E-state index is 11.1. The lowest BCUT2D eigenvalue weighted by Gasteiger charge is -2.24. The van der Waals surface area contributed by atoms with Gasteiger partial charge in [0.25, 0.3) is 0 Å². The first-order valence-corrected chi connectivity index (χ1v) is 6.50. The Morgan fingerprint density at radius 1 is 1.15 bits per heavy atom. The van der Waals surface area contributed by atoms with E-state index in [4.69, 9.17) is 22.4 Å². The molecule has 0 saturated carbocycles. The van der Waals surface area contributed by atoms with E-state index in [2.05, 4.69) is 0 Å². The second kappa shape index (κ2) is 6.30. The van der Waals surface area contributed by atoms with Crippen LogP contribution in [0.4, 0.5) is 11.4 Å². The quantitative estimate of drug-likeness (QED) is 0.831. The lowest BCUT2D eigenvalue weighted by molar-refractivity contribution is -0.135. The summed E-state index contributed by atoms with van der Waals surface area (Å²) in [6.45, 7) is 0.250. The molecule has 0 radical (unpaired) electrons. The van der Waals surface area contributed by atoms with Crippen molar-refractivity contribution >= 4 is 28.9 Å². The summed E-state index contributed by atoms with van der Waals surface area (Å²) >= 11 is 6.13. The molecule has 0 aliphatic heterocycles. The Balaban J connectivity index is 2.32. The van der Waals surface area contributed by atoms with E-state index in [0.717, 1.165) is 5.56 Å². The van der Waals surface area contributed by atoms with Crippen LogP contribution in [0.1, 0.15) is 5.56 Å². The van der Waals surface area contributed by atoms with Crippen molar-refractivity contribution < 1.29 is 9.90 Å². The Kier molecular flexibility index (Phi) is 4.48. The minimum Gasteiger partial charge on any atom is -0.480 e. The maximum Gasteiger partial charge on any atom is 0.323 e. The van der Waals surface area contributed by atoms with E-state index < -0.39 is 5.97 Å². The molecule has 0 atom stereocenters. The summed E-state index contributed by atoms with van der Waals surface area (Å²) in [4.78, 5) is 12.7. The number of carboxylic acid groups (broad SMARTS) is 1. The molecule has 4 nitrogen and oxygen atoms in total. The summed E-state index contributed by atoms with van der Waals surface area (Å²) in [6.07, 6.45) is 0. The molecule has 5 heteroatoms. The molecule has 0 fully saturated rings. The number of halogens is 1. The minimum atomic E-state index is -0.916. The number of para-hydroxylation sites is 2. The van der Waals surface area contributed by atoms with E-state index in [9.17, 15) is 4.79 Å². The van der Waals surface area contributed by atoms with E-state index in [1.54, 1.807) is 23.1 Å². The Morgan fingerprint density at radius 2 is 1.80 bits per heavy atom. The number of carboxylic acids is 1. The fourth-order valence-electron chi connectivity index (χ4n) is 2.00. The van der Waals surface area contributed by atoms with Gasteiger partial charge in [-0.15, -0.1) is 0 Å². The number of aliphatic carboxylic acids is 1. The van der Waals surface area contributed by atoms with Crippen molar-refractivity contribution in [2.24, 2.45) is 0 Å². The van der Waals surface area contributed by atoms with Gasteiger partial charge in [-0.3, -0.25) is 4.79 Å². The topological polar surface area (TPSA) is 66.6 Å². The first kappa shape index (κ1) is 14.2. The molecule has 2 aromatic rings. The number of nitrogens with zero attached hydrogens (tertiary/aromatic N) is 1. The molecular formula is C15H15ClN2O2. The zero-order chi connectivity index (χ0) is 14.5. The standard InChI is InChI=1S/C15H15ClN2O2/c16-12-6-2-1-5-11(12)9-18(10-15(19)20)14-8-4-3-7-13(14)17/h1-8H,9-10,17H2,(H,19,20). The van der Waals surface area contributed by atoms with Gasteiger partial charge in [-0.1, -0.05) is 41.9 Å². The number of hydrogen-bond acceptors (Lipinski definition) is 3. The normalized spacial score (nSPS) is 10.2. The summed E-state index contributed by atoms with van der Waals surface area (Å²) in [5.41, 5.74) is 8.01. The lowest BCUT2D eigenvalue weighted by Crippen LogP contribution is -2.29. The first-order valence-electron chi connectivity index (χ1n) is 6.12. The summed E-state index contributed by atoms with van der Waals surface area (Å²) in [5.74, 6) is -0.916. The molecule has 2 aromatic carbocycles. The highest BCUT2D eigenvalue weighted by molar-refractivity contribution is 6.31. The van der Waals surface area contributed by atoms with Gasteiger partial charge in [0, 0.05) is 11.6 Å². The van der Waals surface area contributed by atoms with Gasteiger partial charge in [0.2, 0.25) is 0 Å². The van der Waals surface area contributed by atoms with Crippen molar-refractivity contribution in [1.29, 1.82) is 0 Å². The second-order valence-corrected chi connectivity index (χ2v) is 4.81. The van der Waals surface area contributed by atoms with Crippen LogP contribution in [-0.4, -0.2) is 17.6 Å². The summed E-state index contributed by atoms with van der Waals surface area (Å²) in [7, 11) is 0. The molecular weight excluding hydrogens is 276 g/mol. The van der Waals surface area contributed by atoms with Crippen LogP contribution in [-0.2, 0) is 11.3 Å². The van der Waals surface area contributed by atoms with Crippen LogP contribution in [0.3, 0.4) is 0 Å². The number of rotatable bonds is 5. The largest absolute Gasteiger partial charge is 0.480 e. The Hall–Kier alpha value is -2.20. The smallest absolute Gasteiger partial charge is 0.323 e. The molecule has 0 heterocycles. The molecule has 0 aliphatic rings. The SMILES string of the molecule is Nc1ccccc1N(CC(=O)O)Cc1ccccc1Cl. The highest BCUT2D eigenvalue weighted by Crippen LogP contribution is 2.26. The Morgan fingerprint density at radius 3 is 2.45 bits per heavy atom. The van der Waals surface area contributed by atoms with Crippen LogP contribution in [0.5, 0.6) is 0 Å². The first-order chi connectivity index (χ1) is 9.58. The number of carbonyl (C=O) groups is 1. The van der Waals surface area contributed by atoms with Crippen molar-refractivity contribution in [2.75, 3.05) is 17.2 Å². The van der Waals surface area contributed by atoms with Crippen molar-refractivity contribution in [3.63, 3.8) is 0 Å². The average molecular weight is 291 g/mol. The summed E-state index contributed by atoms with van der Waals surface area (Å²) in [5, 5.41) is 9.68. The van der Waals surface area contributed by atoms with Crippen LogP contribution < -0.4 is 10.6 Å². The van der Waals surface area contributed by atoms with Crippen molar-refractivity contribution in [2.45, 2.75) is 6.54 Å². The molecule has 0 aliphatic carbocycles. The highest BCUT2D eigenvalue weighted by Gasteiger charge is 2.14. The van der Waals surface area contributed by atoms with Crippen LogP contribution >= 0.6 is 11.6 Å². The van der Waals surface area contributed by atoms with Crippen LogP contribution in [0.15, 0.2) is 48.5 Å². The molecule has 0 saturated heterocycles. The second-order valence-electron chi connectivity index (χ2n) is 4.40. The fraction of sp³-hybridized carbons (Fsp3) is 0.133. The van der Waals surface area contributed by atoms with E-state index in [-0.39, 0.29) is 6.54 Å². The highest BCUT2D eigenvalue weighted by atomic mass is 35.5. The molecule has 0 spiro atoms. The molecule has 104 valence electrons. The van der Waals surface area contributed by atoms with Crippen molar-refractivity contribution in [1.82, 2.24) is 0 Å². The van der Waals surface area contributed by atoms with E-state index in [1.807, 2.05) is 30.3 Å². The summed E-state index contributed by atoms with van der Waals surface area (Å²) in [6, 6.07) is 14.5. The van der Waals surface area contributed by atoms with E-state index >= 15 is 0 Å². The minimum absolute atomic E-state index is 0.139. The third kappa shape index (κ3) is 3.42. The Labute approximate surface area is 122 Å². The van der Waals surface area contributed by atoms with Gasteiger partial charge in [0.1, 0.15) is 6.54 Å². The maximum absolute atomic E-state index is 11.1. The van der Waals surface area contributed by atoms with Gasteiger partial charge >= 0.3 is 5.97 Å². The summed E-state index contributed by atoms with van der Waals surface area (Å²) < 4.78 is 0. The van der Waals surface area contributed by atoms with Gasteiger partial charge in [-0.05, 0) is 23.8 Å². The number of hydrogen-bond donors (Lipinski definition) is 2. The molecule has 20 heavy (non-hydrogen) atoms. The number of nitrogens with two attached hydrogens (primary N) is 1. The van der Waals surface area contributed by atoms with Crippen LogP contribution in [0.25, 0.3) is 0 Å². The predicted octanol–water partition coefficient (Wildman–Crippen LogP) is 3.01. The molecule has 3 N–H and O–H groups in total. The van der Waals surface area contributed by atoms with Crippen LogP contribution in [0.2, 0.25) is 5.02 Å². The van der Waals surface area contributed by atoms with Crippen molar-refractivity contribution in [3.05, 3.63) is 59.1 Å². The molecule has 2 rings (SSSR count). The zero-order valence-electron chi connectivity index (χ0n) is 10.8. The van der Waals surface area contributed by atoms with Gasteiger partial charge in [-0.25, -0.2) is 0 Å². The lowest BCUT2D eigenvalue weighted by atomic mass is 10.1. The number of anilines is 2. The van der Waals surface area contributed by atoms with Crippen molar-refractivity contribution in [3.8, 4) is 0 Å². The monoisotopic (exact) mass is 290 g/mol. The third-order valence-corrected chi connectivity index (χ3v) is 3.29. The number of nitrogen functional groups attached to an aromatic ring is 1. The van der Waals surface area contributed by atoms with Gasteiger partial charge in [-0.2, -0.15) is 0 Å².